The van der Waals surface area contributed by atoms with Crippen LogP contribution >= 0.6 is 23.2 Å². The molecule has 1 unspecified atom stereocenters. The van der Waals surface area contributed by atoms with E-state index in [2.05, 4.69) is 10.1 Å². The van der Waals surface area contributed by atoms with Gasteiger partial charge >= 0.3 is 6.09 Å². The van der Waals surface area contributed by atoms with E-state index < -0.39 is 18.0 Å². The molecule has 2 N–H and O–H groups in total. The molecule has 7 heteroatoms. The highest BCUT2D eigenvalue weighted by atomic mass is 35.5. The van der Waals surface area contributed by atoms with E-state index >= 15 is 0 Å². The maximum absolute atomic E-state index is 11.8. The van der Waals surface area contributed by atoms with Gasteiger partial charge in [0.1, 0.15) is 6.54 Å². The van der Waals surface area contributed by atoms with Crippen LogP contribution in [0.2, 0.25) is 10.0 Å². The van der Waals surface area contributed by atoms with E-state index in [1.165, 1.54) is 7.11 Å². The quantitative estimate of drug-likeness (QED) is 0.879. The number of hydrogen-bond donors (Lipinski definition) is 2. The number of imide groups is 1. The standard InChI is InChI=1S/C13H16Cl2N2O3/c1-8(12(18)16-13(19)20-3)17(2)7-9-4-5-10(14)6-11(9)15/h4-6,8H,7H2,1-3H3,(H,16,18,19)/p+1/t8-/m0/s1. The maximum Gasteiger partial charge on any atom is 0.413 e. The van der Waals surface area contributed by atoms with Crippen LogP contribution in [0.15, 0.2) is 18.2 Å². The topological polar surface area (TPSA) is 59.8 Å². The van der Waals surface area contributed by atoms with Crippen LogP contribution in [0.1, 0.15) is 12.5 Å². The van der Waals surface area contributed by atoms with Gasteiger partial charge in [-0.25, -0.2) is 4.79 Å². The molecule has 2 atom stereocenters. The van der Waals surface area contributed by atoms with Crippen molar-refractivity contribution in [3.63, 3.8) is 0 Å². The first-order valence-electron chi connectivity index (χ1n) is 6.00. The molecule has 0 saturated heterocycles. The Balaban J connectivity index is 2.67. The van der Waals surface area contributed by atoms with Crippen molar-refractivity contribution < 1.29 is 19.2 Å². The van der Waals surface area contributed by atoms with Gasteiger partial charge in [0, 0.05) is 10.6 Å². The fourth-order valence-electron chi connectivity index (χ4n) is 1.60. The van der Waals surface area contributed by atoms with Gasteiger partial charge in [0.25, 0.3) is 5.91 Å². The summed E-state index contributed by atoms with van der Waals surface area (Å²) < 4.78 is 4.39. The molecule has 1 aromatic rings. The summed E-state index contributed by atoms with van der Waals surface area (Å²) in [4.78, 5) is 23.7. The van der Waals surface area contributed by atoms with Gasteiger partial charge in [0.2, 0.25) is 0 Å². The average molecular weight is 320 g/mol. The van der Waals surface area contributed by atoms with E-state index in [-0.39, 0.29) is 0 Å². The summed E-state index contributed by atoms with van der Waals surface area (Å²) in [5, 5.41) is 3.26. The summed E-state index contributed by atoms with van der Waals surface area (Å²) in [5.41, 5.74) is 0.881. The van der Waals surface area contributed by atoms with Crippen molar-refractivity contribution in [3.8, 4) is 0 Å². The maximum atomic E-state index is 11.8. The monoisotopic (exact) mass is 319 g/mol. The molecular weight excluding hydrogens is 303 g/mol. The number of benzene rings is 1. The molecule has 0 aliphatic heterocycles. The molecule has 0 fully saturated rings. The third-order valence-corrected chi connectivity index (χ3v) is 3.61. The number of hydrogen-bond acceptors (Lipinski definition) is 3. The van der Waals surface area contributed by atoms with Crippen LogP contribution in [0, 0.1) is 0 Å². The molecule has 0 aromatic heterocycles. The lowest BCUT2D eigenvalue weighted by Crippen LogP contribution is -3.12. The Morgan fingerprint density at radius 3 is 2.60 bits per heavy atom. The SMILES string of the molecule is COC(=O)NC(=O)[C@H](C)[NH+](C)Cc1ccc(Cl)cc1Cl. The Bertz CT molecular complexity index is 508. The molecule has 20 heavy (non-hydrogen) atoms. The molecule has 2 amide bonds. The summed E-state index contributed by atoms with van der Waals surface area (Å²) in [6, 6.07) is 4.79. The van der Waals surface area contributed by atoms with Crippen LogP contribution in [-0.4, -0.2) is 32.2 Å². The zero-order chi connectivity index (χ0) is 15.3. The van der Waals surface area contributed by atoms with Crippen molar-refractivity contribution in [1.82, 2.24) is 5.32 Å². The zero-order valence-corrected chi connectivity index (χ0v) is 13.0. The summed E-state index contributed by atoms with van der Waals surface area (Å²) in [7, 11) is 3.05. The number of rotatable bonds is 4. The minimum atomic E-state index is -0.765. The van der Waals surface area contributed by atoms with Gasteiger partial charge in [-0.3, -0.25) is 10.1 Å². The van der Waals surface area contributed by atoms with Crippen LogP contribution in [0.3, 0.4) is 0 Å². The molecular formula is C13H17Cl2N2O3+. The molecule has 0 saturated carbocycles. The Morgan fingerprint density at radius 2 is 2.05 bits per heavy atom. The number of carbonyl (C=O) groups is 2. The normalized spacial score (nSPS) is 13.4. The van der Waals surface area contributed by atoms with Gasteiger partial charge in [-0.15, -0.1) is 0 Å². The van der Waals surface area contributed by atoms with E-state index in [1.54, 1.807) is 19.1 Å². The van der Waals surface area contributed by atoms with Gasteiger partial charge < -0.3 is 9.64 Å². The largest absolute Gasteiger partial charge is 0.453 e. The molecule has 0 heterocycles. The first kappa shape index (κ1) is 16.8. The van der Waals surface area contributed by atoms with E-state index in [4.69, 9.17) is 23.2 Å². The predicted octanol–water partition coefficient (Wildman–Crippen LogP) is 1.28. The number of amides is 2. The van der Waals surface area contributed by atoms with Crippen LogP contribution in [0.5, 0.6) is 0 Å². The van der Waals surface area contributed by atoms with E-state index in [1.807, 2.05) is 13.1 Å². The number of methoxy groups -OCH3 is 1. The number of likely N-dealkylation sites (N-methyl/N-ethyl adjacent to an activating group) is 1. The molecule has 0 radical (unpaired) electrons. The lowest BCUT2D eigenvalue weighted by molar-refractivity contribution is -0.908. The van der Waals surface area contributed by atoms with Crippen LogP contribution in [0.25, 0.3) is 0 Å². The smallest absolute Gasteiger partial charge is 0.413 e. The van der Waals surface area contributed by atoms with Gasteiger partial charge in [-0.1, -0.05) is 29.3 Å². The molecule has 0 aliphatic rings. The molecule has 0 bridgehead atoms. The lowest BCUT2D eigenvalue weighted by atomic mass is 10.2. The molecule has 110 valence electrons. The van der Waals surface area contributed by atoms with Crippen molar-refractivity contribution in [2.75, 3.05) is 14.2 Å². The number of carbonyl (C=O) groups excluding carboxylic acids is 2. The zero-order valence-electron chi connectivity index (χ0n) is 11.5. The Morgan fingerprint density at radius 1 is 1.40 bits per heavy atom. The first-order valence-corrected chi connectivity index (χ1v) is 6.75. The molecule has 1 rings (SSSR count). The van der Waals surface area contributed by atoms with Crippen molar-refractivity contribution in [2.24, 2.45) is 0 Å². The second-order valence-electron chi connectivity index (χ2n) is 4.46. The van der Waals surface area contributed by atoms with Crippen molar-refractivity contribution in [3.05, 3.63) is 33.8 Å². The summed E-state index contributed by atoms with van der Waals surface area (Å²) in [5.74, 6) is -0.403. The van der Waals surface area contributed by atoms with Gasteiger partial charge in [0.15, 0.2) is 6.04 Å². The minimum absolute atomic E-state index is 0.403. The van der Waals surface area contributed by atoms with E-state index in [9.17, 15) is 9.59 Å². The Kier molecular flexibility index (Phi) is 6.26. The predicted molar refractivity (Wildman–Crippen MR) is 77.1 cm³/mol. The number of alkyl carbamates (subject to hydrolysis) is 1. The lowest BCUT2D eigenvalue weighted by Gasteiger charge is -2.21. The number of quaternary nitrogens is 1. The van der Waals surface area contributed by atoms with Crippen molar-refractivity contribution in [1.29, 1.82) is 0 Å². The fraction of sp³-hybridized carbons (Fsp3) is 0.385. The molecule has 0 spiro atoms. The number of ether oxygens (including phenoxy) is 1. The highest BCUT2D eigenvalue weighted by Gasteiger charge is 2.24. The second kappa shape index (κ2) is 7.47. The fourth-order valence-corrected chi connectivity index (χ4v) is 2.08. The van der Waals surface area contributed by atoms with Gasteiger partial charge in [0.05, 0.1) is 19.2 Å². The summed E-state index contributed by atoms with van der Waals surface area (Å²) in [6.07, 6.45) is -0.765. The third kappa shape index (κ3) is 4.67. The summed E-state index contributed by atoms with van der Waals surface area (Å²) >= 11 is 11.9. The van der Waals surface area contributed by atoms with E-state index in [0.717, 1.165) is 10.5 Å². The van der Waals surface area contributed by atoms with Gasteiger partial charge in [-0.05, 0) is 19.1 Å². The van der Waals surface area contributed by atoms with E-state index in [0.29, 0.717) is 16.6 Å². The molecule has 5 nitrogen and oxygen atoms in total. The van der Waals surface area contributed by atoms with Crippen LogP contribution in [0.4, 0.5) is 4.79 Å². The van der Waals surface area contributed by atoms with Crippen LogP contribution in [-0.2, 0) is 16.1 Å². The number of nitrogens with one attached hydrogen (secondary N) is 2. The Labute approximate surface area is 127 Å². The number of halogens is 2. The summed E-state index contributed by atoms with van der Waals surface area (Å²) in [6.45, 7) is 2.25. The van der Waals surface area contributed by atoms with Crippen molar-refractivity contribution in [2.45, 2.75) is 19.5 Å². The van der Waals surface area contributed by atoms with Gasteiger partial charge in [-0.2, -0.15) is 0 Å². The molecule has 0 aliphatic carbocycles. The highest BCUT2D eigenvalue weighted by molar-refractivity contribution is 6.35. The third-order valence-electron chi connectivity index (χ3n) is 3.03. The van der Waals surface area contributed by atoms with Crippen LogP contribution < -0.4 is 10.2 Å². The molecule has 1 aromatic carbocycles. The van der Waals surface area contributed by atoms with Crippen molar-refractivity contribution >= 4 is 35.2 Å². The average Bonchev–Trinajstić information content (AvgIpc) is 2.40. The highest BCUT2D eigenvalue weighted by Crippen LogP contribution is 2.20. The Hall–Kier alpha value is -1.30. The first-order chi connectivity index (χ1) is 9.35. The second-order valence-corrected chi connectivity index (χ2v) is 5.31. The minimum Gasteiger partial charge on any atom is -0.453 e.